The van der Waals surface area contributed by atoms with Crippen molar-refractivity contribution in [2.24, 2.45) is 0 Å². The van der Waals surface area contributed by atoms with Crippen molar-refractivity contribution < 1.29 is 0 Å². The zero-order chi connectivity index (χ0) is 9.97. The van der Waals surface area contributed by atoms with E-state index in [4.69, 9.17) is 0 Å². The fraction of sp³-hybridized carbons (Fsp3) is 0.333. The summed E-state index contributed by atoms with van der Waals surface area (Å²) in [7, 11) is 1.98. The van der Waals surface area contributed by atoms with Crippen LogP contribution in [0.3, 0.4) is 0 Å². The Hall–Kier alpha value is -1.28. The Balaban J connectivity index is 2.32. The fourth-order valence-corrected chi connectivity index (χ4v) is 1.74. The van der Waals surface area contributed by atoms with E-state index in [9.17, 15) is 0 Å². The zero-order valence-electron chi connectivity index (χ0n) is 8.72. The molecule has 0 aliphatic rings. The highest BCUT2D eigenvalue weighted by atomic mass is 14.8. The van der Waals surface area contributed by atoms with Gasteiger partial charge >= 0.3 is 0 Å². The number of nitrogens with one attached hydrogen (secondary N) is 2. The number of fused-ring (bicyclic) bond motifs is 1. The zero-order valence-corrected chi connectivity index (χ0v) is 8.72. The Morgan fingerprint density at radius 2 is 2.21 bits per heavy atom. The third-order valence-electron chi connectivity index (χ3n) is 2.62. The molecule has 2 aromatic rings. The van der Waals surface area contributed by atoms with Crippen molar-refractivity contribution in [3.63, 3.8) is 0 Å². The van der Waals surface area contributed by atoms with E-state index < -0.39 is 0 Å². The van der Waals surface area contributed by atoms with Gasteiger partial charge in [0.25, 0.3) is 0 Å². The van der Waals surface area contributed by atoms with Gasteiger partial charge in [-0.2, -0.15) is 0 Å². The van der Waals surface area contributed by atoms with E-state index in [0.717, 1.165) is 13.0 Å². The van der Waals surface area contributed by atoms with Crippen LogP contribution in [0, 0.1) is 6.92 Å². The highest BCUT2D eigenvalue weighted by molar-refractivity contribution is 5.83. The number of hydrogen-bond acceptors (Lipinski definition) is 1. The van der Waals surface area contributed by atoms with Gasteiger partial charge in [0.1, 0.15) is 0 Å². The summed E-state index contributed by atoms with van der Waals surface area (Å²) in [5.41, 5.74) is 3.95. The highest BCUT2D eigenvalue weighted by Crippen LogP contribution is 2.18. The lowest BCUT2D eigenvalue weighted by molar-refractivity contribution is 0.792. The Bertz CT molecular complexity index is 429. The molecule has 14 heavy (non-hydrogen) atoms. The van der Waals surface area contributed by atoms with Crippen LogP contribution in [-0.2, 0) is 6.42 Å². The molecule has 0 aliphatic heterocycles. The second kappa shape index (κ2) is 3.84. The predicted octanol–water partition coefficient (Wildman–Crippen LogP) is 2.24. The predicted molar refractivity (Wildman–Crippen MR) is 60.7 cm³/mol. The molecule has 2 N–H and O–H groups in total. The first kappa shape index (κ1) is 9.28. The molecule has 1 aromatic heterocycles. The van der Waals surface area contributed by atoms with Gasteiger partial charge in [-0.15, -0.1) is 0 Å². The first-order valence-corrected chi connectivity index (χ1v) is 5.02. The molecule has 2 rings (SSSR count). The minimum Gasteiger partial charge on any atom is -0.361 e. The van der Waals surface area contributed by atoms with Gasteiger partial charge < -0.3 is 10.3 Å². The van der Waals surface area contributed by atoms with Crippen molar-refractivity contribution in [1.82, 2.24) is 10.3 Å². The van der Waals surface area contributed by atoms with Gasteiger partial charge in [-0.1, -0.05) is 12.1 Å². The number of aromatic amines is 1. The highest BCUT2D eigenvalue weighted by Gasteiger charge is 2.00. The van der Waals surface area contributed by atoms with Gasteiger partial charge in [0.2, 0.25) is 0 Å². The molecule has 0 saturated heterocycles. The summed E-state index contributed by atoms with van der Waals surface area (Å²) in [6.07, 6.45) is 3.15. The molecular formula is C12H16N2. The van der Waals surface area contributed by atoms with Crippen molar-refractivity contribution in [3.05, 3.63) is 35.5 Å². The third-order valence-corrected chi connectivity index (χ3v) is 2.62. The van der Waals surface area contributed by atoms with Crippen LogP contribution < -0.4 is 5.32 Å². The molecule has 0 atom stereocenters. The molecule has 74 valence electrons. The van der Waals surface area contributed by atoms with E-state index in [1.807, 2.05) is 7.05 Å². The molecule has 0 unspecified atom stereocenters. The largest absolute Gasteiger partial charge is 0.361 e. The maximum atomic E-state index is 3.28. The van der Waals surface area contributed by atoms with Gasteiger partial charge in [0.05, 0.1) is 0 Å². The van der Waals surface area contributed by atoms with E-state index >= 15 is 0 Å². The second-order valence-corrected chi connectivity index (χ2v) is 3.71. The average molecular weight is 188 g/mol. The van der Waals surface area contributed by atoms with Crippen molar-refractivity contribution >= 4 is 10.9 Å². The van der Waals surface area contributed by atoms with Gasteiger partial charge in [-0.25, -0.2) is 0 Å². The molecule has 0 spiro atoms. The van der Waals surface area contributed by atoms with E-state index in [1.165, 1.54) is 22.0 Å². The first-order valence-electron chi connectivity index (χ1n) is 5.02. The van der Waals surface area contributed by atoms with Gasteiger partial charge in [-0.05, 0) is 44.1 Å². The molecule has 0 saturated carbocycles. The van der Waals surface area contributed by atoms with Crippen LogP contribution in [0.2, 0.25) is 0 Å². The monoisotopic (exact) mass is 188 g/mol. The number of hydrogen-bond donors (Lipinski definition) is 2. The summed E-state index contributed by atoms with van der Waals surface area (Å²) in [5.74, 6) is 0. The SMILES string of the molecule is CNCCc1ccc2c(C)c[nH]c2c1. The summed E-state index contributed by atoms with van der Waals surface area (Å²) in [6.45, 7) is 3.16. The molecule has 0 fully saturated rings. The Labute approximate surface area is 84.3 Å². The number of likely N-dealkylation sites (N-methyl/N-ethyl adjacent to an activating group) is 1. The molecule has 0 radical (unpaired) electrons. The van der Waals surface area contributed by atoms with Crippen LogP contribution in [0.4, 0.5) is 0 Å². The average Bonchev–Trinajstić information content (AvgIpc) is 2.57. The number of rotatable bonds is 3. The molecule has 1 aromatic carbocycles. The van der Waals surface area contributed by atoms with Crippen molar-refractivity contribution in [2.45, 2.75) is 13.3 Å². The van der Waals surface area contributed by atoms with Crippen LogP contribution in [0.5, 0.6) is 0 Å². The van der Waals surface area contributed by atoms with E-state index in [1.54, 1.807) is 0 Å². The number of benzene rings is 1. The summed E-state index contributed by atoms with van der Waals surface area (Å²) < 4.78 is 0. The second-order valence-electron chi connectivity index (χ2n) is 3.71. The summed E-state index contributed by atoms with van der Waals surface area (Å²) >= 11 is 0. The molecule has 2 nitrogen and oxygen atoms in total. The van der Waals surface area contributed by atoms with Crippen molar-refractivity contribution in [2.75, 3.05) is 13.6 Å². The molecule has 0 amide bonds. The maximum Gasteiger partial charge on any atom is 0.0459 e. The molecule has 0 aliphatic carbocycles. The van der Waals surface area contributed by atoms with Gasteiger partial charge in [0, 0.05) is 17.1 Å². The Morgan fingerprint density at radius 3 is 3.00 bits per heavy atom. The normalized spacial score (nSPS) is 11.0. The molecule has 1 heterocycles. The Morgan fingerprint density at radius 1 is 1.36 bits per heavy atom. The van der Waals surface area contributed by atoms with Gasteiger partial charge in [-0.3, -0.25) is 0 Å². The van der Waals surface area contributed by atoms with Crippen LogP contribution in [0.15, 0.2) is 24.4 Å². The Kier molecular flexibility index (Phi) is 2.55. The van der Waals surface area contributed by atoms with Crippen molar-refractivity contribution in [3.8, 4) is 0 Å². The minimum atomic E-state index is 1.03. The summed E-state index contributed by atoms with van der Waals surface area (Å²) in [5, 5.41) is 4.49. The minimum absolute atomic E-state index is 1.03. The smallest absolute Gasteiger partial charge is 0.0459 e. The molecule has 0 bridgehead atoms. The van der Waals surface area contributed by atoms with Crippen LogP contribution in [0.25, 0.3) is 10.9 Å². The summed E-state index contributed by atoms with van der Waals surface area (Å²) in [4.78, 5) is 3.28. The van der Waals surface area contributed by atoms with Crippen LogP contribution >= 0.6 is 0 Å². The number of aryl methyl sites for hydroxylation is 1. The van der Waals surface area contributed by atoms with Crippen LogP contribution in [0.1, 0.15) is 11.1 Å². The van der Waals surface area contributed by atoms with E-state index in [-0.39, 0.29) is 0 Å². The molecule has 2 heteroatoms. The standard InChI is InChI=1S/C12H16N2/c1-9-8-14-12-7-10(5-6-13-2)3-4-11(9)12/h3-4,7-8,13-14H,5-6H2,1-2H3. The summed E-state index contributed by atoms with van der Waals surface area (Å²) in [6, 6.07) is 6.65. The number of aromatic nitrogens is 1. The van der Waals surface area contributed by atoms with E-state index in [2.05, 4.69) is 41.6 Å². The topological polar surface area (TPSA) is 27.8 Å². The lowest BCUT2D eigenvalue weighted by Crippen LogP contribution is -2.10. The lowest BCUT2D eigenvalue weighted by Gasteiger charge is -2.00. The quantitative estimate of drug-likeness (QED) is 0.759. The van der Waals surface area contributed by atoms with Crippen molar-refractivity contribution in [1.29, 1.82) is 0 Å². The maximum absolute atomic E-state index is 3.28. The fourth-order valence-electron chi connectivity index (χ4n) is 1.74. The van der Waals surface area contributed by atoms with Gasteiger partial charge in [0.15, 0.2) is 0 Å². The third kappa shape index (κ3) is 1.66. The lowest BCUT2D eigenvalue weighted by atomic mass is 10.1. The van der Waals surface area contributed by atoms with Crippen LogP contribution in [-0.4, -0.2) is 18.6 Å². The first-order chi connectivity index (χ1) is 6.81. The van der Waals surface area contributed by atoms with E-state index in [0.29, 0.717) is 0 Å². The molecular weight excluding hydrogens is 172 g/mol. The number of H-pyrrole nitrogens is 1.